The molecule has 0 heterocycles. The molecule has 12 heavy (non-hydrogen) atoms. The minimum absolute atomic E-state index is 0.331. The molecular weight excluding hydrogens is 148 g/mol. The van der Waals surface area contributed by atoms with Gasteiger partial charge in [0.2, 0.25) is 0 Å². The summed E-state index contributed by atoms with van der Waals surface area (Å²) < 4.78 is 0. The third-order valence-electron chi connectivity index (χ3n) is 1.81. The number of likely N-dealkylation sites (N-methyl/N-ethyl adjacent to an activating group) is 1. The van der Waals surface area contributed by atoms with Crippen LogP contribution in [0, 0.1) is 5.41 Å². The van der Waals surface area contributed by atoms with E-state index in [0.29, 0.717) is 11.5 Å². The van der Waals surface area contributed by atoms with Gasteiger partial charge in [-0.15, -0.1) is 0 Å². The highest BCUT2D eigenvalue weighted by Gasteiger charge is 2.14. The van der Waals surface area contributed by atoms with Crippen molar-refractivity contribution in [2.24, 2.45) is 11.1 Å². The molecule has 0 aromatic rings. The highest BCUT2D eigenvalue weighted by Crippen LogP contribution is 2.14. The van der Waals surface area contributed by atoms with Crippen LogP contribution in [0.1, 0.15) is 34.1 Å². The minimum atomic E-state index is 0.331. The summed E-state index contributed by atoms with van der Waals surface area (Å²) in [6, 6.07) is 0.331. The van der Waals surface area contributed by atoms with Gasteiger partial charge in [-0.3, -0.25) is 0 Å². The number of hydrogen-bond donors (Lipinski definition) is 1. The molecule has 0 spiro atoms. The van der Waals surface area contributed by atoms with Crippen molar-refractivity contribution >= 4 is 0 Å². The van der Waals surface area contributed by atoms with E-state index in [0.717, 1.165) is 19.5 Å². The van der Waals surface area contributed by atoms with E-state index in [-0.39, 0.29) is 0 Å². The van der Waals surface area contributed by atoms with E-state index in [2.05, 4.69) is 39.6 Å². The number of hydrogen-bond acceptors (Lipinski definition) is 2. The Kier molecular flexibility index (Phi) is 4.80. The predicted octanol–water partition coefficient (Wildman–Crippen LogP) is 1.70. The summed E-state index contributed by atoms with van der Waals surface area (Å²) in [6.45, 7) is 11.0. The first-order valence-corrected chi connectivity index (χ1v) is 4.79. The molecule has 0 aliphatic heterocycles. The van der Waals surface area contributed by atoms with Gasteiger partial charge >= 0.3 is 0 Å². The standard InChI is InChI=1S/C10H24N2/c1-6-9(11)7-12(5)8-10(2,3)4/h9H,6-8,11H2,1-5H3. The van der Waals surface area contributed by atoms with Crippen molar-refractivity contribution in [1.82, 2.24) is 4.90 Å². The molecule has 1 atom stereocenters. The summed E-state index contributed by atoms with van der Waals surface area (Å²) in [5, 5.41) is 0. The zero-order valence-corrected chi connectivity index (χ0v) is 9.22. The van der Waals surface area contributed by atoms with E-state index in [1.165, 1.54) is 0 Å². The van der Waals surface area contributed by atoms with Crippen LogP contribution in [0.2, 0.25) is 0 Å². The van der Waals surface area contributed by atoms with Crippen molar-refractivity contribution in [1.29, 1.82) is 0 Å². The number of rotatable bonds is 4. The topological polar surface area (TPSA) is 29.3 Å². The lowest BCUT2D eigenvalue weighted by atomic mass is 9.96. The Bertz CT molecular complexity index is 115. The quantitative estimate of drug-likeness (QED) is 0.699. The van der Waals surface area contributed by atoms with Crippen LogP contribution in [0.3, 0.4) is 0 Å². The summed E-state index contributed by atoms with van der Waals surface area (Å²) in [5.74, 6) is 0. The lowest BCUT2D eigenvalue weighted by molar-refractivity contribution is 0.215. The molecule has 0 fully saturated rings. The van der Waals surface area contributed by atoms with Gasteiger partial charge in [-0.25, -0.2) is 0 Å². The SMILES string of the molecule is CCC(N)CN(C)CC(C)(C)C. The Hall–Kier alpha value is -0.0800. The Morgan fingerprint density at radius 2 is 1.83 bits per heavy atom. The highest BCUT2D eigenvalue weighted by molar-refractivity contribution is 4.70. The first-order chi connectivity index (χ1) is 5.35. The van der Waals surface area contributed by atoms with Crippen LogP contribution in [0.4, 0.5) is 0 Å². The Labute approximate surface area is 77.1 Å². The zero-order valence-electron chi connectivity index (χ0n) is 9.22. The van der Waals surface area contributed by atoms with Gasteiger partial charge in [0.1, 0.15) is 0 Å². The van der Waals surface area contributed by atoms with E-state index in [1.807, 2.05) is 0 Å². The molecule has 74 valence electrons. The fourth-order valence-corrected chi connectivity index (χ4v) is 1.40. The van der Waals surface area contributed by atoms with E-state index in [1.54, 1.807) is 0 Å². The monoisotopic (exact) mass is 172 g/mol. The van der Waals surface area contributed by atoms with Gasteiger partial charge in [0.15, 0.2) is 0 Å². The average Bonchev–Trinajstić information content (AvgIpc) is 1.82. The average molecular weight is 172 g/mol. The summed E-state index contributed by atoms with van der Waals surface area (Å²) in [5.41, 5.74) is 6.23. The smallest absolute Gasteiger partial charge is 0.0165 e. The molecule has 0 aromatic heterocycles. The molecule has 0 rings (SSSR count). The molecule has 2 heteroatoms. The van der Waals surface area contributed by atoms with Gasteiger partial charge in [0.25, 0.3) is 0 Å². The maximum atomic E-state index is 5.85. The molecule has 0 radical (unpaired) electrons. The van der Waals surface area contributed by atoms with E-state index in [4.69, 9.17) is 5.73 Å². The third-order valence-corrected chi connectivity index (χ3v) is 1.81. The van der Waals surface area contributed by atoms with Crippen LogP contribution >= 0.6 is 0 Å². The number of nitrogens with two attached hydrogens (primary N) is 1. The first-order valence-electron chi connectivity index (χ1n) is 4.79. The van der Waals surface area contributed by atoms with Gasteiger partial charge in [0, 0.05) is 19.1 Å². The van der Waals surface area contributed by atoms with Crippen LogP contribution in [0.5, 0.6) is 0 Å². The van der Waals surface area contributed by atoms with E-state index in [9.17, 15) is 0 Å². The maximum Gasteiger partial charge on any atom is 0.0165 e. The van der Waals surface area contributed by atoms with Crippen LogP contribution in [-0.2, 0) is 0 Å². The van der Waals surface area contributed by atoms with Gasteiger partial charge in [0.05, 0.1) is 0 Å². The molecular formula is C10H24N2. The Morgan fingerprint density at radius 1 is 1.33 bits per heavy atom. The highest BCUT2D eigenvalue weighted by atomic mass is 15.1. The second-order valence-electron chi connectivity index (χ2n) is 4.93. The molecule has 0 aliphatic rings. The summed E-state index contributed by atoms with van der Waals surface area (Å²) in [6.07, 6.45) is 1.06. The fourth-order valence-electron chi connectivity index (χ4n) is 1.40. The summed E-state index contributed by atoms with van der Waals surface area (Å²) in [7, 11) is 2.14. The van der Waals surface area contributed by atoms with Crippen molar-refractivity contribution in [3.63, 3.8) is 0 Å². The van der Waals surface area contributed by atoms with Crippen molar-refractivity contribution < 1.29 is 0 Å². The molecule has 0 saturated heterocycles. The summed E-state index contributed by atoms with van der Waals surface area (Å²) >= 11 is 0. The normalized spacial score (nSPS) is 15.2. The lowest BCUT2D eigenvalue weighted by Crippen LogP contribution is -2.38. The zero-order chi connectivity index (χ0) is 9.78. The second-order valence-corrected chi connectivity index (χ2v) is 4.93. The molecule has 2 N–H and O–H groups in total. The minimum Gasteiger partial charge on any atom is -0.327 e. The molecule has 0 aliphatic carbocycles. The predicted molar refractivity (Wildman–Crippen MR) is 55.2 cm³/mol. The largest absolute Gasteiger partial charge is 0.327 e. The lowest BCUT2D eigenvalue weighted by Gasteiger charge is -2.28. The molecule has 0 aromatic carbocycles. The van der Waals surface area contributed by atoms with Gasteiger partial charge in [-0.05, 0) is 18.9 Å². The fraction of sp³-hybridized carbons (Fsp3) is 1.00. The van der Waals surface area contributed by atoms with Crippen molar-refractivity contribution in [2.75, 3.05) is 20.1 Å². The van der Waals surface area contributed by atoms with Crippen molar-refractivity contribution in [3.05, 3.63) is 0 Å². The molecule has 0 amide bonds. The van der Waals surface area contributed by atoms with Crippen LogP contribution < -0.4 is 5.73 Å². The van der Waals surface area contributed by atoms with Gasteiger partial charge in [-0.1, -0.05) is 27.7 Å². The summed E-state index contributed by atoms with van der Waals surface area (Å²) in [4.78, 5) is 2.31. The van der Waals surface area contributed by atoms with Crippen LogP contribution in [0.25, 0.3) is 0 Å². The molecule has 0 bridgehead atoms. The number of nitrogens with zero attached hydrogens (tertiary/aromatic N) is 1. The van der Waals surface area contributed by atoms with Gasteiger partial charge in [-0.2, -0.15) is 0 Å². The van der Waals surface area contributed by atoms with Crippen molar-refractivity contribution in [3.8, 4) is 0 Å². The van der Waals surface area contributed by atoms with Crippen molar-refractivity contribution in [2.45, 2.75) is 40.2 Å². The molecule has 1 unspecified atom stereocenters. The second kappa shape index (κ2) is 4.83. The van der Waals surface area contributed by atoms with Crippen LogP contribution in [-0.4, -0.2) is 31.1 Å². The van der Waals surface area contributed by atoms with E-state index < -0.39 is 0 Å². The molecule has 2 nitrogen and oxygen atoms in total. The van der Waals surface area contributed by atoms with Crippen LogP contribution in [0.15, 0.2) is 0 Å². The Balaban J connectivity index is 3.66. The third kappa shape index (κ3) is 6.62. The first kappa shape index (κ1) is 11.9. The Morgan fingerprint density at radius 3 is 2.17 bits per heavy atom. The van der Waals surface area contributed by atoms with Gasteiger partial charge < -0.3 is 10.6 Å². The molecule has 0 saturated carbocycles. The van der Waals surface area contributed by atoms with E-state index >= 15 is 0 Å². The maximum absolute atomic E-state index is 5.85.